The zero-order valence-corrected chi connectivity index (χ0v) is 8.03. The molecule has 2 N–H and O–H groups in total. The Balaban J connectivity index is 2.90. The number of nitrogens with zero attached hydrogens (tertiary/aromatic N) is 2. The van der Waals surface area contributed by atoms with E-state index in [4.69, 9.17) is 10.2 Å². The van der Waals surface area contributed by atoms with Gasteiger partial charge in [0.2, 0.25) is 0 Å². The van der Waals surface area contributed by atoms with Crippen molar-refractivity contribution in [1.29, 1.82) is 0 Å². The largest absolute Gasteiger partial charge is 0.480 e. The number of hydrogen-bond donors (Lipinski definition) is 2. The summed E-state index contributed by atoms with van der Waals surface area (Å²) < 4.78 is 0. The molecular formula is C9H8N2O5. The van der Waals surface area contributed by atoms with E-state index in [1.165, 1.54) is 24.3 Å². The Kier molecular flexibility index (Phi) is 3.54. The molecule has 7 heteroatoms. The minimum atomic E-state index is -1.21. The fourth-order valence-corrected chi connectivity index (χ4v) is 1.07. The average molecular weight is 224 g/mol. The number of carboxylic acid groups (broad SMARTS) is 2. The maximum atomic E-state index is 10.5. The van der Waals surface area contributed by atoms with Crippen molar-refractivity contribution in [2.24, 2.45) is 5.29 Å². The highest BCUT2D eigenvalue weighted by atomic mass is 16.4. The zero-order chi connectivity index (χ0) is 12.1. The van der Waals surface area contributed by atoms with E-state index < -0.39 is 18.5 Å². The van der Waals surface area contributed by atoms with Crippen molar-refractivity contribution in [2.75, 3.05) is 11.6 Å². The number of rotatable bonds is 5. The molecule has 0 fully saturated rings. The molecular weight excluding hydrogens is 216 g/mol. The number of aliphatic carboxylic acids is 1. The van der Waals surface area contributed by atoms with Crippen molar-refractivity contribution in [3.63, 3.8) is 0 Å². The van der Waals surface area contributed by atoms with E-state index in [0.29, 0.717) is 5.01 Å². The van der Waals surface area contributed by atoms with Crippen LogP contribution in [0, 0.1) is 4.91 Å². The van der Waals surface area contributed by atoms with Gasteiger partial charge in [0.05, 0.1) is 16.5 Å². The maximum Gasteiger partial charge on any atom is 0.335 e. The van der Waals surface area contributed by atoms with E-state index in [2.05, 4.69) is 5.29 Å². The molecule has 1 rings (SSSR count). The van der Waals surface area contributed by atoms with Crippen molar-refractivity contribution in [3.8, 4) is 0 Å². The van der Waals surface area contributed by atoms with E-state index in [1.54, 1.807) is 0 Å². The van der Waals surface area contributed by atoms with Crippen LogP contribution in [0.2, 0.25) is 0 Å². The van der Waals surface area contributed by atoms with Gasteiger partial charge in [0.1, 0.15) is 6.54 Å². The Bertz CT molecular complexity index is 414. The summed E-state index contributed by atoms with van der Waals surface area (Å²) in [4.78, 5) is 31.3. The second-order valence-corrected chi connectivity index (χ2v) is 2.89. The third-order valence-corrected chi connectivity index (χ3v) is 1.80. The van der Waals surface area contributed by atoms with Crippen molar-refractivity contribution >= 4 is 17.6 Å². The number of hydrogen-bond acceptors (Lipinski definition) is 4. The van der Waals surface area contributed by atoms with Gasteiger partial charge in [-0.15, -0.1) is 4.91 Å². The van der Waals surface area contributed by atoms with Gasteiger partial charge in [-0.1, -0.05) is 0 Å². The van der Waals surface area contributed by atoms with Crippen LogP contribution in [-0.4, -0.2) is 28.7 Å². The van der Waals surface area contributed by atoms with E-state index in [9.17, 15) is 14.5 Å². The number of anilines is 1. The molecule has 1 aromatic rings. The number of carboxylic acids is 2. The summed E-state index contributed by atoms with van der Waals surface area (Å²) in [5, 5.41) is 20.4. The first-order valence-electron chi connectivity index (χ1n) is 4.20. The Hall–Kier alpha value is -2.44. The third-order valence-electron chi connectivity index (χ3n) is 1.80. The number of aromatic carboxylic acids is 1. The molecule has 0 unspecified atom stereocenters. The number of benzene rings is 1. The summed E-state index contributed by atoms with van der Waals surface area (Å²) in [6.45, 7) is -0.573. The van der Waals surface area contributed by atoms with Gasteiger partial charge < -0.3 is 10.2 Å². The van der Waals surface area contributed by atoms with Crippen LogP contribution in [0.4, 0.5) is 5.69 Å². The molecule has 0 aliphatic carbocycles. The highest BCUT2D eigenvalue weighted by Gasteiger charge is 2.11. The summed E-state index contributed by atoms with van der Waals surface area (Å²) in [6.07, 6.45) is 0. The quantitative estimate of drug-likeness (QED) is 0.569. The monoisotopic (exact) mass is 224 g/mol. The molecule has 0 aliphatic heterocycles. The van der Waals surface area contributed by atoms with Gasteiger partial charge in [0.15, 0.2) is 0 Å². The molecule has 0 aromatic heterocycles. The minimum Gasteiger partial charge on any atom is -0.480 e. The maximum absolute atomic E-state index is 10.5. The SMILES string of the molecule is O=NN(CC(=O)O)c1ccc(C(=O)O)cc1. The van der Waals surface area contributed by atoms with Gasteiger partial charge >= 0.3 is 11.9 Å². The molecule has 1 aromatic carbocycles. The molecule has 0 amide bonds. The fraction of sp³-hybridized carbons (Fsp3) is 0.111. The van der Waals surface area contributed by atoms with Crippen molar-refractivity contribution in [1.82, 2.24) is 0 Å². The Morgan fingerprint density at radius 3 is 2.12 bits per heavy atom. The lowest BCUT2D eigenvalue weighted by molar-refractivity contribution is -0.135. The number of nitroso groups, excluding NO2 is 1. The lowest BCUT2D eigenvalue weighted by atomic mass is 10.2. The topological polar surface area (TPSA) is 107 Å². The van der Waals surface area contributed by atoms with Gasteiger partial charge in [-0.3, -0.25) is 4.79 Å². The molecule has 0 bridgehead atoms. The Labute approximate surface area is 89.9 Å². The van der Waals surface area contributed by atoms with Gasteiger partial charge in [-0.25, -0.2) is 9.80 Å². The Morgan fingerprint density at radius 1 is 1.19 bits per heavy atom. The molecule has 0 atom stereocenters. The van der Waals surface area contributed by atoms with Gasteiger partial charge in [-0.2, -0.15) is 0 Å². The predicted molar refractivity (Wildman–Crippen MR) is 54.2 cm³/mol. The highest BCUT2D eigenvalue weighted by molar-refractivity contribution is 5.88. The van der Waals surface area contributed by atoms with Crippen LogP contribution in [0.15, 0.2) is 29.6 Å². The van der Waals surface area contributed by atoms with Gasteiger partial charge in [0, 0.05) is 0 Å². The summed E-state index contributed by atoms with van der Waals surface area (Å²) >= 11 is 0. The molecule has 0 saturated heterocycles. The molecule has 16 heavy (non-hydrogen) atoms. The molecule has 0 radical (unpaired) electrons. The number of carbonyl (C=O) groups is 2. The van der Waals surface area contributed by atoms with Crippen LogP contribution in [0.3, 0.4) is 0 Å². The first kappa shape index (κ1) is 11.6. The third kappa shape index (κ3) is 2.77. The van der Waals surface area contributed by atoms with E-state index in [-0.39, 0.29) is 11.3 Å². The summed E-state index contributed by atoms with van der Waals surface area (Å²) in [6, 6.07) is 5.15. The molecule has 0 saturated carbocycles. The normalized spacial score (nSPS) is 9.50. The molecule has 84 valence electrons. The van der Waals surface area contributed by atoms with E-state index >= 15 is 0 Å². The summed E-state index contributed by atoms with van der Waals surface area (Å²) in [5.74, 6) is -2.31. The minimum absolute atomic E-state index is 0.0462. The van der Waals surface area contributed by atoms with E-state index in [1.807, 2.05) is 0 Å². The average Bonchev–Trinajstić information content (AvgIpc) is 2.25. The highest BCUT2D eigenvalue weighted by Crippen LogP contribution is 2.15. The molecule has 0 spiro atoms. The Morgan fingerprint density at radius 2 is 1.75 bits per heavy atom. The fourth-order valence-electron chi connectivity index (χ4n) is 1.07. The summed E-state index contributed by atoms with van der Waals surface area (Å²) in [5.41, 5.74) is 0.271. The zero-order valence-electron chi connectivity index (χ0n) is 8.03. The van der Waals surface area contributed by atoms with Crippen LogP contribution in [0.1, 0.15) is 10.4 Å². The molecule has 0 aliphatic rings. The van der Waals surface area contributed by atoms with Gasteiger partial charge in [0.25, 0.3) is 0 Å². The van der Waals surface area contributed by atoms with Crippen molar-refractivity contribution in [2.45, 2.75) is 0 Å². The van der Waals surface area contributed by atoms with Crippen LogP contribution in [-0.2, 0) is 4.79 Å². The van der Waals surface area contributed by atoms with Crippen LogP contribution < -0.4 is 5.01 Å². The molecule has 7 nitrogen and oxygen atoms in total. The predicted octanol–water partition coefficient (Wildman–Crippen LogP) is 0.957. The smallest absolute Gasteiger partial charge is 0.335 e. The first-order valence-corrected chi connectivity index (χ1v) is 4.20. The summed E-state index contributed by atoms with van der Waals surface area (Å²) in [7, 11) is 0. The van der Waals surface area contributed by atoms with Crippen molar-refractivity contribution < 1.29 is 19.8 Å². The lowest BCUT2D eigenvalue weighted by Crippen LogP contribution is -2.23. The van der Waals surface area contributed by atoms with Crippen LogP contribution in [0.5, 0.6) is 0 Å². The van der Waals surface area contributed by atoms with Crippen LogP contribution in [0.25, 0.3) is 0 Å². The first-order chi connectivity index (χ1) is 7.54. The molecule has 0 heterocycles. The standard InChI is InChI=1S/C9H8N2O5/c12-8(13)5-11(10-16)7-3-1-6(2-4-7)9(14)15/h1-4H,5H2,(H,12,13)(H,14,15). The second-order valence-electron chi connectivity index (χ2n) is 2.89. The lowest BCUT2D eigenvalue weighted by Gasteiger charge is -2.12. The van der Waals surface area contributed by atoms with E-state index in [0.717, 1.165) is 0 Å². The second kappa shape index (κ2) is 4.87. The van der Waals surface area contributed by atoms with Crippen molar-refractivity contribution in [3.05, 3.63) is 34.7 Å². The van der Waals surface area contributed by atoms with Gasteiger partial charge in [-0.05, 0) is 24.3 Å². The van der Waals surface area contributed by atoms with Crippen LogP contribution >= 0.6 is 0 Å².